The summed E-state index contributed by atoms with van der Waals surface area (Å²) in [6.07, 6.45) is 0.434. The van der Waals surface area contributed by atoms with Gasteiger partial charge in [0.25, 0.3) is 0 Å². The van der Waals surface area contributed by atoms with E-state index in [1.54, 1.807) is 0 Å². The number of benzene rings is 2. The highest BCUT2D eigenvalue weighted by Gasteiger charge is 2.03. The van der Waals surface area contributed by atoms with Gasteiger partial charge in [0.15, 0.2) is 0 Å². The maximum absolute atomic E-state index is 11.9. The molecule has 0 aliphatic heterocycles. The third-order valence-electron chi connectivity index (χ3n) is 3.14. The number of carbonyl (C=O) groups excluding carboxylic acids is 1. The van der Waals surface area contributed by atoms with E-state index >= 15 is 0 Å². The van der Waals surface area contributed by atoms with Crippen LogP contribution in [0.3, 0.4) is 0 Å². The van der Waals surface area contributed by atoms with Gasteiger partial charge >= 0.3 is 0 Å². The average Bonchev–Trinajstić information content (AvgIpc) is 2.43. The molecule has 0 fully saturated rings. The number of anilines is 2. The smallest absolute Gasteiger partial charge is 0.226 e. The minimum absolute atomic E-state index is 0.0157. The van der Waals surface area contributed by atoms with Gasteiger partial charge in [0, 0.05) is 28.8 Å². The molecule has 2 aromatic rings. The Morgan fingerprint density at radius 1 is 1.10 bits per heavy atom. The Balaban J connectivity index is 1.80. The lowest BCUT2D eigenvalue weighted by atomic mass is 10.2. The first-order chi connectivity index (χ1) is 10.0. The minimum Gasteiger partial charge on any atom is -0.385 e. The van der Waals surface area contributed by atoms with E-state index in [0.29, 0.717) is 13.0 Å². The zero-order valence-electron chi connectivity index (χ0n) is 12.2. The van der Waals surface area contributed by atoms with Crippen molar-refractivity contribution in [3.05, 3.63) is 58.1 Å². The van der Waals surface area contributed by atoms with Crippen LogP contribution in [-0.4, -0.2) is 12.5 Å². The zero-order valence-corrected chi connectivity index (χ0v) is 13.8. The molecule has 1 amide bonds. The molecule has 21 heavy (non-hydrogen) atoms. The van der Waals surface area contributed by atoms with E-state index in [0.717, 1.165) is 21.4 Å². The molecule has 0 bridgehead atoms. The summed E-state index contributed by atoms with van der Waals surface area (Å²) in [5, 5.41) is 6.16. The molecule has 0 radical (unpaired) electrons. The highest BCUT2D eigenvalue weighted by atomic mass is 79.9. The lowest BCUT2D eigenvalue weighted by Gasteiger charge is -2.09. The number of hydrogen-bond acceptors (Lipinski definition) is 2. The molecule has 4 heteroatoms. The summed E-state index contributed by atoms with van der Waals surface area (Å²) in [4.78, 5) is 11.9. The fourth-order valence-electron chi connectivity index (χ4n) is 2.02. The quantitative estimate of drug-likeness (QED) is 0.836. The first-order valence-electron chi connectivity index (χ1n) is 6.91. The van der Waals surface area contributed by atoms with Crippen molar-refractivity contribution in [1.29, 1.82) is 0 Å². The van der Waals surface area contributed by atoms with Gasteiger partial charge in [-0.2, -0.15) is 0 Å². The van der Waals surface area contributed by atoms with Crippen LogP contribution in [-0.2, 0) is 4.79 Å². The van der Waals surface area contributed by atoms with Crippen molar-refractivity contribution in [3.63, 3.8) is 0 Å². The standard InChI is InChI=1S/C17H19BrN2O/c1-12-4-3-5-15(10-12)20-17(21)8-9-19-14-6-7-16(18)13(2)11-14/h3-7,10-11,19H,8-9H2,1-2H3,(H,20,21). The number of aryl methyl sites for hydroxylation is 2. The van der Waals surface area contributed by atoms with E-state index in [2.05, 4.69) is 32.6 Å². The number of amides is 1. The van der Waals surface area contributed by atoms with Gasteiger partial charge in [0.05, 0.1) is 0 Å². The monoisotopic (exact) mass is 346 g/mol. The number of rotatable bonds is 5. The molecule has 0 aliphatic rings. The molecule has 0 atom stereocenters. The van der Waals surface area contributed by atoms with Crippen molar-refractivity contribution >= 4 is 33.2 Å². The minimum atomic E-state index is 0.0157. The topological polar surface area (TPSA) is 41.1 Å². The summed E-state index contributed by atoms with van der Waals surface area (Å²) in [7, 11) is 0. The van der Waals surface area contributed by atoms with Crippen LogP contribution in [0.4, 0.5) is 11.4 Å². The van der Waals surface area contributed by atoms with Gasteiger partial charge in [-0.3, -0.25) is 4.79 Å². The average molecular weight is 347 g/mol. The summed E-state index contributed by atoms with van der Waals surface area (Å²) in [5.41, 5.74) is 4.18. The highest BCUT2D eigenvalue weighted by Crippen LogP contribution is 2.19. The van der Waals surface area contributed by atoms with Gasteiger partial charge < -0.3 is 10.6 Å². The molecule has 2 rings (SSSR count). The molecule has 0 saturated heterocycles. The van der Waals surface area contributed by atoms with Crippen LogP contribution in [0, 0.1) is 13.8 Å². The predicted molar refractivity (Wildman–Crippen MR) is 91.8 cm³/mol. The van der Waals surface area contributed by atoms with Crippen molar-refractivity contribution in [1.82, 2.24) is 0 Å². The van der Waals surface area contributed by atoms with Crippen molar-refractivity contribution in [3.8, 4) is 0 Å². The molecule has 0 saturated carbocycles. The van der Waals surface area contributed by atoms with Crippen LogP contribution < -0.4 is 10.6 Å². The van der Waals surface area contributed by atoms with E-state index in [-0.39, 0.29) is 5.91 Å². The van der Waals surface area contributed by atoms with Gasteiger partial charge in [-0.05, 0) is 55.3 Å². The van der Waals surface area contributed by atoms with E-state index in [4.69, 9.17) is 0 Å². The van der Waals surface area contributed by atoms with E-state index in [1.807, 2.05) is 50.2 Å². The second-order valence-electron chi connectivity index (χ2n) is 5.06. The molecule has 0 aliphatic carbocycles. The lowest BCUT2D eigenvalue weighted by molar-refractivity contribution is -0.115. The third-order valence-corrected chi connectivity index (χ3v) is 4.03. The first-order valence-corrected chi connectivity index (χ1v) is 7.70. The Labute approximate surface area is 133 Å². The summed E-state index contributed by atoms with van der Waals surface area (Å²) in [6.45, 7) is 4.66. The fourth-order valence-corrected chi connectivity index (χ4v) is 2.27. The fraction of sp³-hybridized carbons (Fsp3) is 0.235. The molecule has 0 unspecified atom stereocenters. The van der Waals surface area contributed by atoms with Gasteiger partial charge in [0.1, 0.15) is 0 Å². The Morgan fingerprint density at radius 2 is 1.90 bits per heavy atom. The van der Waals surface area contributed by atoms with Crippen LogP contribution in [0.2, 0.25) is 0 Å². The second kappa shape index (κ2) is 7.27. The molecular weight excluding hydrogens is 328 g/mol. The number of carbonyl (C=O) groups is 1. The van der Waals surface area contributed by atoms with Crippen LogP contribution in [0.15, 0.2) is 46.9 Å². The summed E-state index contributed by atoms with van der Waals surface area (Å²) >= 11 is 3.47. The van der Waals surface area contributed by atoms with Crippen LogP contribution in [0.5, 0.6) is 0 Å². The van der Waals surface area contributed by atoms with Crippen LogP contribution in [0.1, 0.15) is 17.5 Å². The Kier molecular flexibility index (Phi) is 5.39. The zero-order chi connectivity index (χ0) is 15.2. The van der Waals surface area contributed by atoms with Crippen molar-refractivity contribution < 1.29 is 4.79 Å². The van der Waals surface area contributed by atoms with E-state index in [1.165, 1.54) is 5.56 Å². The first kappa shape index (κ1) is 15.6. The molecule has 2 aromatic carbocycles. The normalized spacial score (nSPS) is 10.2. The predicted octanol–water partition coefficient (Wildman–Crippen LogP) is 4.51. The lowest BCUT2D eigenvalue weighted by Crippen LogP contribution is -2.16. The van der Waals surface area contributed by atoms with Crippen molar-refractivity contribution in [2.45, 2.75) is 20.3 Å². The Morgan fingerprint density at radius 3 is 2.62 bits per heavy atom. The molecule has 3 nitrogen and oxygen atoms in total. The molecular formula is C17H19BrN2O. The van der Waals surface area contributed by atoms with Crippen molar-refractivity contribution in [2.75, 3.05) is 17.2 Å². The van der Waals surface area contributed by atoms with E-state index in [9.17, 15) is 4.79 Å². The highest BCUT2D eigenvalue weighted by molar-refractivity contribution is 9.10. The van der Waals surface area contributed by atoms with Gasteiger partial charge in [0.2, 0.25) is 5.91 Å². The number of hydrogen-bond donors (Lipinski definition) is 2. The summed E-state index contributed by atoms with van der Waals surface area (Å²) < 4.78 is 1.09. The van der Waals surface area contributed by atoms with Gasteiger partial charge in [-0.25, -0.2) is 0 Å². The molecule has 110 valence electrons. The largest absolute Gasteiger partial charge is 0.385 e. The second-order valence-corrected chi connectivity index (χ2v) is 5.91. The summed E-state index contributed by atoms with van der Waals surface area (Å²) in [6, 6.07) is 13.9. The van der Waals surface area contributed by atoms with Crippen LogP contribution >= 0.6 is 15.9 Å². The van der Waals surface area contributed by atoms with Crippen LogP contribution in [0.25, 0.3) is 0 Å². The van der Waals surface area contributed by atoms with Gasteiger partial charge in [-0.1, -0.05) is 28.1 Å². The SMILES string of the molecule is Cc1cccc(NC(=O)CCNc2ccc(Br)c(C)c2)c1. The van der Waals surface area contributed by atoms with Crippen molar-refractivity contribution in [2.24, 2.45) is 0 Å². The molecule has 0 spiro atoms. The number of halogens is 1. The molecule has 2 N–H and O–H groups in total. The van der Waals surface area contributed by atoms with E-state index < -0.39 is 0 Å². The Hall–Kier alpha value is -1.81. The maximum atomic E-state index is 11.9. The molecule has 0 heterocycles. The van der Waals surface area contributed by atoms with Gasteiger partial charge in [-0.15, -0.1) is 0 Å². The molecule has 0 aromatic heterocycles. The summed E-state index contributed by atoms with van der Waals surface area (Å²) in [5.74, 6) is 0.0157. The maximum Gasteiger partial charge on any atom is 0.226 e. The Bertz CT molecular complexity index is 640. The number of nitrogens with one attached hydrogen (secondary N) is 2. The third kappa shape index (κ3) is 4.90.